The number of amides is 1. The fourth-order valence-corrected chi connectivity index (χ4v) is 3.99. The predicted octanol–water partition coefficient (Wildman–Crippen LogP) is 4.59. The van der Waals surface area contributed by atoms with Crippen molar-refractivity contribution in [3.05, 3.63) is 59.7 Å². The number of hydrogen-bond acceptors (Lipinski definition) is 4. The van der Waals surface area contributed by atoms with Gasteiger partial charge in [0.05, 0.1) is 10.2 Å². The molecular formula is C21H25N3OS. The van der Waals surface area contributed by atoms with E-state index in [-0.39, 0.29) is 5.91 Å². The third kappa shape index (κ3) is 3.94. The second kappa shape index (κ2) is 8.43. The Balaban J connectivity index is 1.95. The van der Waals surface area contributed by atoms with Crippen molar-refractivity contribution in [2.75, 3.05) is 31.1 Å². The smallest absolute Gasteiger partial charge is 0.260 e. The zero-order valence-electron chi connectivity index (χ0n) is 15.6. The number of carbonyl (C=O) groups excluding carboxylic acids is 1. The summed E-state index contributed by atoms with van der Waals surface area (Å²) in [5.41, 5.74) is 2.68. The Morgan fingerprint density at radius 2 is 1.69 bits per heavy atom. The third-order valence-electron chi connectivity index (χ3n) is 4.67. The van der Waals surface area contributed by atoms with Crippen LogP contribution in [0.4, 0.5) is 5.13 Å². The molecular weight excluding hydrogens is 342 g/mol. The van der Waals surface area contributed by atoms with Gasteiger partial charge in [-0.3, -0.25) is 9.69 Å². The van der Waals surface area contributed by atoms with Crippen LogP contribution in [0.25, 0.3) is 10.2 Å². The molecule has 4 nitrogen and oxygen atoms in total. The number of para-hydroxylation sites is 1. The number of likely N-dealkylation sites (N-methyl/N-ethyl adjacent to an activating group) is 1. The topological polar surface area (TPSA) is 36.4 Å². The van der Waals surface area contributed by atoms with Crippen LogP contribution in [-0.2, 0) is 0 Å². The van der Waals surface area contributed by atoms with E-state index in [0.29, 0.717) is 6.54 Å². The Bertz CT molecular complexity index is 853. The molecule has 0 aliphatic carbocycles. The van der Waals surface area contributed by atoms with Crippen LogP contribution in [0.2, 0.25) is 0 Å². The maximum Gasteiger partial charge on any atom is 0.260 e. The first-order valence-electron chi connectivity index (χ1n) is 9.09. The Morgan fingerprint density at radius 1 is 1.00 bits per heavy atom. The van der Waals surface area contributed by atoms with Crippen LogP contribution in [0.15, 0.2) is 48.5 Å². The molecule has 0 atom stereocenters. The van der Waals surface area contributed by atoms with Gasteiger partial charge < -0.3 is 4.90 Å². The van der Waals surface area contributed by atoms with Gasteiger partial charge in [0.1, 0.15) is 0 Å². The number of fused-ring (bicyclic) bond motifs is 1. The first-order valence-corrected chi connectivity index (χ1v) is 9.91. The lowest BCUT2D eigenvalue weighted by Gasteiger charge is -2.25. The molecule has 5 heteroatoms. The maximum atomic E-state index is 13.3. The predicted molar refractivity (Wildman–Crippen MR) is 110 cm³/mol. The standard InChI is InChI=1S/C21H25N3OS/c1-4-23(5-2)14-15-24(20(25)17-11-7-6-10-16(17)3)21-22-18-12-8-9-13-19(18)26-21/h6-13H,4-5,14-15H2,1-3H3. The summed E-state index contributed by atoms with van der Waals surface area (Å²) >= 11 is 1.58. The van der Waals surface area contributed by atoms with Crippen LogP contribution < -0.4 is 4.90 Å². The minimum absolute atomic E-state index is 0.0225. The highest BCUT2D eigenvalue weighted by Gasteiger charge is 2.22. The number of thiazole rings is 1. The second-order valence-corrected chi connectivity index (χ2v) is 7.27. The van der Waals surface area contributed by atoms with Gasteiger partial charge in [0, 0.05) is 18.7 Å². The summed E-state index contributed by atoms with van der Waals surface area (Å²) in [5.74, 6) is 0.0225. The van der Waals surface area contributed by atoms with E-state index >= 15 is 0 Å². The van der Waals surface area contributed by atoms with Crippen molar-refractivity contribution in [3.63, 3.8) is 0 Å². The molecule has 136 valence electrons. The van der Waals surface area contributed by atoms with Crippen LogP contribution in [0.3, 0.4) is 0 Å². The molecule has 1 heterocycles. The second-order valence-electron chi connectivity index (χ2n) is 6.26. The van der Waals surface area contributed by atoms with E-state index in [1.165, 1.54) is 0 Å². The van der Waals surface area contributed by atoms with Gasteiger partial charge in [-0.1, -0.05) is 55.5 Å². The van der Waals surface area contributed by atoms with Crippen LogP contribution in [0.1, 0.15) is 29.8 Å². The lowest BCUT2D eigenvalue weighted by molar-refractivity contribution is 0.0983. The molecule has 0 bridgehead atoms. The number of carbonyl (C=O) groups is 1. The summed E-state index contributed by atoms with van der Waals surface area (Å²) < 4.78 is 1.10. The van der Waals surface area contributed by atoms with Gasteiger partial charge in [-0.05, 0) is 43.8 Å². The van der Waals surface area contributed by atoms with Crippen LogP contribution in [-0.4, -0.2) is 42.0 Å². The van der Waals surface area contributed by atoms with E-state index in [2.05, 4.69) is 24.8 Å². The van der Waals surface area contributed by atoms with E-state index in [0.717, 1.165) is 46.1 Å². The Hall–Kier alpha value is -2.24. The Kier molecular flexibility index (Phi) is 6.01. The summed E-state index contributed by atoms with van der Waals surface area (Å²) in [6, 6.07) is 15.8. The fraction of sp³-hybridized carbons (Fsp3) is 0.333. The molecule has 0 fully saturated rings. The van der Waals surface area contributed by atoms with E-state index in [4.69, 9.17) is 4.98 Å². The van der Waals surface area contributed by atoms with Crippen LogP contribution in [0, 0.1) is 6.92 Å². The van der Waals surface area contributed by atoms with Crippen molar-refractivity contribution in [2.24, 2.45) is 0 Å². The lowest BCUT2D eigenvalue weighted by Crippen LogP contribution is -2.39. The first-order chi connectivity index (χ1) is 12.6. The van der Waals surface area contributed by atoms with Crippen molar-refractivity contribution >= 4 is 32.6 Å². The zero-order valence-corrected chi connectivity index (χ0v) is 16.4. The molecule has 2 aromatic carbocycles. The van der Waals surface area contributed by atoms with E-state index in [1.54, 1.807) is 11.3 Å². The molecule has 26 heavy (non-hydrogen) atoms. The van der Waals surface area contributed by atoms with Crippen LogP contribution >= 0.6 is 11.3 Å². The normalized spacial score (nSPS) is 11.2. The lowest BCUT2D eigenvalue weighted by atomic mass is 10.1. The molecule has 0 spiro atoms. The highest BCUT2D eigenvalue weighted by atomic mass is 32.1. The molecule has 0 saturated heterocycles. The Morgan fingerprint density at radius 3 is 2.38 bits per heavy atom. The number of hydrogen-bond donors (Lipinski definition) is 0. The quantitative estimate of drug-likeness (QED) is 0.613. The fourth-order valence-electron chi connectivity index (χ4n) is 3.00. The summed E-state index contributed by atoms with van der Waals surface area (Å²) in [6.45, 7) is 9.69. The molecule has 0 aliphatic rings. The van der Waals surface area contributed by atoms with Crippen molar-refractivity contribution < 1.29 is 4.79 Å². The molecule has 1 aromatic heterocycles. The molecule has 3 rings (SSSR count). The number of aromatic nitrogens is 1. The maximum absolute atomic E-state index is 13.3. The Labute approximate surface area is 159 Å². The number of rotatable bonds is 7. The van der Waals surface area contributed by atoms with Gasteiger partial charge in [-0.15, -0.1) is 0 Å². The van der Waals surface area contributed by atoms with Crippen molar-refractivity contribution in [2.45, 2.75) is 20.8 Å². The molecule has 1 amide bonds. The van der Waals surface area contributed by atoms with Crippen molar-refractivity contribution in [3.8, 4) is 0 Å². The van der Waals surface area contributed by atoms with E-state index in [9.17, 15) is 4.79 Å². The van der Waals surface area contributed by atoms with Gasteiger partial charge in [0.15, 0.2) is 5.13 Å². The molecule has 0 radical (unpaired) electrons. The van der Waals surface area contributed by atoms with Gasteiger partial charge in [0.2, 0.25) is 0 Å². The SMILES string of the molecule is CCN(CC)CCN(C(=O)c1ccccc1C)c1nc2ccccc2s1. The molecule has 0 saturated carbocycles. The van der Waals surface area contributed by atoms with E-state index in [1.807, 2.05) is 54.3 Å². The van der Waals surface area contributed by atoms with Gasteiger partial charge in [-0.2, -0.15) is 0 Å². The summed E-state index contributed by atoms with van der Waals surface area (Å²) in [5, 5.41) is 0.770. The molecule has 0 unspecified atom stereocenters. The van der Waals surface area contributed by atoms with Crippen molar-refractivity contribution in [1.29, 1.82) is 0 Å². The third-order valence-corrected chi connectivity index (χ3v) is 5.73. The number of nitrogens with zero attached hydrogens (tertiary/aromatic N) is 3. The summed E-state index contributed by atoms with van der Waals surface area (Å²) in [7, 11) is 0. The molecule has 0 aliphatic heterocycles. The van der Waals surface area contributed by atoms with Gasteiger partial charge in [0.25, 0.3) is 5.91 Å². The largest absolute Gasteiger partial charge is 0.302 e. The number of aryl methyl sites for hydroxylation is 1. The molecule has 3 aromatic rings. The number of benzene rings is 2. The van der Waals surface area contributed by atoms with Gasteiger partial charge >= 0.3 is 0 Å². The average molecular weight is 368 g/mol. The minimum atomic E-state index is 0.0225. The first kappa shape index (κ1) is 18.5. The zero-order chi connectivity index (χ0) is 18.5. The van der Waals surface area contributed by atoms with E-state index < -0.39 is 0 Å². The highest BCUT2D eigenvalue weighted by molar-refractivity contribution is 7.22. The van der Waals surface area contributed by atoms with Gasteiger partial charge in [-0.25, -0.2) is 4.98 Å². The minimum Gasteiger partial charge on any atom is -0.302 e. The summed E-state index contributed by atoms with van der Waals surface area (Å²) in [6.07, 6.45) is 0. The van der Waals surface area contributed by atoms with Crippen molar-refractivity contribution in [1.82, 2.24) is 9.88 Å². The molecule has 0 N–H and O–H groups in total. The monoisotopic (exact) mass is 367 g/mol. The summed E-state index contributed by atoms with van der Waals surface area (Å²) in [4.78, 5) is 22.2. The number of anilines is 1. The average Bonchev–Trinajstić information content (AvgIpc) is 3.09. The highest BCUT2D eigenvalue weighted by Crippen LogP contribution is 2.29. The van der Waals surface area contributed by atoms with Crippen LogP contribution in [0.5, 0.6) is 0 Å².